The van der Waals surface area contributed by atoms with Crippen molar-refractivity contribution in [1.29, 1.82) is 0 Å². The Kier molecular flexibility index (Phi) is 2.74. The van der Waals surface area contributed by atoms with Crippen molar-refractivity contribution in [3.05, 3.63) is 0 Å². The highest BCUT2D eigenvalue weighted by Gasteiger charge is 2.56. The summed E-state index contributed by atoms with van der Waals surface area (Å²) in [4.78, 5) is 0. The summed E-state index contributed by atoms with van der Waals surface area (Å²) < 4.78 is 0. The highest BCUT2D eigenvalue weighted by atomic mass is 16.3. The lowest BCUT2D eigenvalue weighted by Crippen LogP contribution is -2.51. The zero-order chi connectivity index (χ0) is 11.2. The van der Waals surface area contributed by atoms with Crippen LogP contribution in [0.5, 0.6) is 0 Å². The number of nitrogens with one attached hydrogen (secondary N) is 1. The molecule has 1 aliphatic carbocycles. The van der Waals surface area contributed by atoms with Crippen molar-refractivity contribution in [2.75, 3.05) is 6.61 Å². The quantitative estimate of drug-likeness (QED) is 0.298. The molecule has 1 aliphatic heterocycles. The largest absolute Gasteiger partial charge is 0.394 e. The van der Waals surface area contributed by atoms with E-state index in [4.69, 9.17) is 10.8 Å². The van der Waals surface area contributed by atoms with Gasteiger partial charge in [-0.3, -0.25) is 0 Å². The fraction of sp³-hybridized carbons (Fsp3) is 1.00. The minimum Gasteiger partial charge on any atom is -0.394 e. The van der Waals surface area contributed by atoms with Gasteiger partial charge in [-0.25, -0.2) is 0 Å². The molecular formula is C9H18N2O4. The van der Waals surface area contributed by atoms with Gasteiger partial charge in [-0.2, -0.15) is 0 Å². The molecule has 0 bridgehead atoms. The topological polar surface area (TPSA) is 119 Å². The van der Waals surface area contributed by atoms with E-state index in [9.17, 15) is 15.3 Å². The SMILES string of the molecule is NC1(C2N[C@@H]([C@H](O)CO)[C@H](O)[C@@H]2O)CC1. The van der Waals surface area contributed by atoms with Gasteiger partial charge in [0.15, 0.2) is 0 Å². The van der Waals surface area contributed by atoms with Crippen LogP contribution in [0.3, 0.4) is 0 Å². The molecule has 0 aromatic carbocycles. The molecule has 1 heterocycles. The smallest absolute Gasteiger partial charge is 0.0993 e. The first-order valence-corrected chi connectivity index (χ1v) is 5.19. The Labute approximate surface area is 87.7 Å². The minimum atomic E-state index is -1.09. The molecule has 7 N–H and O–H groups in total. The zero-order valence-corrected chi connectivity index (χ0v) is 8.37. The summed E-state index contributed by atoms with van der Waals surface area (Å²) in [6.07, 6.45) is -1.55. The number of aliphatic hydroxyl groups is 4. The standard InChI is InChI=1S/C9H18N2O4/c10-9(1-2-9)8-7(15)6(14)5(11-8)4(13)3-12/h4-8,11-15H,1-3,10H2/t4-,5+,6+,7+,8?/m1/s1. The maximum Gasteiger partial charge on any atom is 0.0993 e. The van der Waals surface area contributed by atoms with Crippen LogP contribution in [0, 0.1) is 0 Å². The highest BCUT2D eigenvalue weighted by molar-refractivity contribution is 5.17. The Morgan fingerprint density at radius 1 is 1.33 bits per heavy atom. The van der Waals surface area contributed by atoms with Crippen molar-refractivity contribution in [3.8, 4) is 0 Å². The lowest BCUT2D eigenvalue weighted by Gasteiger charge is -2.22. The van der Waals surface area contributed by atoms with Gasteiger partial charge in [-0.1, -0.05) is 0 Å². The molecule has 2 fully saturated rings. The van der Waals surface area contributed by atoms with Gasteiger partial charge in [0.1, 0.15) is 0 Å². The fourth-order valence-corrected chi connectivity index (χ4v) is 2.23. The Balaban J connectivity index is 2.07. The van der Waals surface area contributed by atoms with E-state index in [1.807, 2.05) is 0 Å². The second kappa shape index (κ2) is 3.65. The molecular weight excluding hydrogens is 200 g/mol. The summed E-state index contributed by atoms with van der Waals surface area (Å²) in [7, 11) is 0. The van der Waals surface area contributed by atoms with Crippen LogP contribution in [0.1, 0.15) is 12.8 Å². The van der Waals surface area contributed by atoms with Crippen molar-refractivity contribution >= 4 is 0 Å². The van der Waals surface area contributed by atoms with E-state index in [1.165, 1.54) is 0 Å². The second-order valence-corrected chi connectivity index (χ2v) is 4.63. The predicted octanol–water partition coefficient (Wildman–Crippen LogP) is -3.11. The van der Waals surface area contributed by atoms with E-state index in [2.05, 4.69) is 5.32 Å². The molecule has 1 saturated carbocycles. The minimum absolute atomic E-state index is 0.404. The van der Waals surface area contributed by atoms with E-state index in [-0.39, 0.29) is 0 Å². The van der Waals surface area contributed by atoms with Crippen LogP contribution < -0.4 is 11.1 Å². The first-order valence-electron chi connectivity index (χ1n) is 5.19. The lowest BCUT2D eigenvalue weighted by atomic mass is 9.99. The monoisotopic (exact) mass is 218 g/mol. The summed E-state index contributed by atoms with van der Waals surface area (Å²) >= 11 is 0. The van der Waals surface area contributed by atoms with Crippen LogP contribution in [0.4, 0.5) is 0 Å². The normalized spacial score (nSPS) is 45.4. The third-order valence-electron chi connectivity index (χ3n) is 3.48. The van der Waals surface area contributed by atoms with E-state index < -0.39 is 42.5 Å². The van der Waals surface area contributed by atoms with Crippen molar-refractivity contribution in [1.82, 2.24) is 5.32 Å². The average molecular weight is 218 g/mol. The summed E-state index contributed by atoms with van der Waals surface area (Å²) in [6, 6.07) is -1.12. The van der Waals surface area contributed by atoms with Crippen LogP contribution in [-0.2, 0) is 0 Å². The van der Waals surface area contributed by atoms with Crippen molar-refractivity contribution in [3.63, 3.8) is 0 Å². The molecule has 6 nitrogen and oxygen atoms in total. The van der Waals surface area contributed by atoms with Crippen molar-refractivity contribution in [2.45, 2.75) is 48.8 Å². The van der Waals surface area contributed by atoms with Crippen molar-refractivity contribution in [2.24, 2.45) is 5.73 Å². The van der Waals surface area contributed by atoms with Crippen LogP contribution in [0.2, 0.25) is 0 Å². The molecule has 1 saturated heterocycles. The van der Waals surface area contributed by atoms with Gasteiger partial charge in [-0.15, -0.1) is 0 Å². The summed E-state index contributed by atoms with van der Waals surface area (Å²) in [5.74, 6) is 0. The van der Waals surface area contributed by atoms with Gasteiger partial charge in [0.25, 0.3) is 0 Å². The number of aliphatic hydroxyl groups excluding tert-OH is 4. The van der Waals surface area contributed by atoms with Crippen molar-refractivity contribution < 1.29 is 20.4 Å². The zero-order valence-electron chi connectivity index (χ0n) is 8.37. The first-order chi connectivity index (χ1) is 6.99. The lowest BCUT2D eigenvalue weighted by molar-refractivity contribution is -0.0142. The molecule has 2 rings (SSSR count). The molecule has 6 heteroatoms. The first kappa shape index (κ1) is 11.3. The summed E-state index contributed by atoms with van der Waals surface area (Å²) in [6.45, 7) is -0.453. The third-order valence-corrected chi connectivity index (χ3v) is 3.48. The predicted molar refractivity (Wildman–Crippen MR) is 52.0 cm³/mol. The third kappa shape index (κ3) is 1.77. The van der Waals surface area contributed by atoms with Gasteiger partial charge in [0, 0.05) is 5.54 Å². The molecule has 88 valence electrons. The highest BCUT2D eigenvalue weighted by Crippen LogP contribution is 2.40. The Hall–Kier alpha value is -0.240. The molecule has 0 aromatic heterocycles. The number of nitrogens with two attached hydrogens (primary N) is 1. The maximum absolute atomic E-state index is 9.76. The average Bonchev–Trinajstić information content (AvgIpc) is 2.88. The van der Waals surface area contributed by atoms with Crippen LogP contribution in [0.25, 0.3) is 0 Å². The maximum atomic E-state index is 9.76. The Bertz CT molecular complexity index is 246. The number of hydrogen-bond acceptors (Lipinski definition) is 6. The molecule has 0 amide bonds. The van der Waals surface area contributed by atoms with Gasteiger partial charge < -0.3 is 31.5 Å². The Morgan fingerprint density at radius 3 is 2.40 bits per heavy atom. The fourth-order valence-electron chi connectivity index (χ4n) is 2.23. The Morgan fingerprint density at radius 2 is 1.93 bits per heavy atom. The molecule has 1 unspecified atom stereocenters. The molecule has 5 atom stereocenters. The van der Waals surface area contributed by atoms with Gasteiger partial charge in [0.2, 0.25) is 0 Å². The molecule has 0 radical (unpaired) electrons. The van der Waals surface area contributed by atoms with E-state index in [0.29, 0.717) is 0 Å². The summed E-state index contributed by atoms with van der Waals surface area (Å²) in [5.41, 5.74) is 5.46. The summed E-state index contributed by atoms with van der Waals surface area (Å²) in [5, 5.41) is 40.6. The van der Waals surface area contributed by atoms with E-state index in [1.54, 1.807) is 0 Å². The van der Waals surface area contributed by atoms with E-state index >= 15 is 0 Å². The van der Waals surface area contributed by atoms with Crippen LogP contribution in [-0.4, -0.2) is 63.0 Å². The van der Waals surface area contributed by atoms with Gasteiger partial charge >= 0.3 is 0 Å². The molecule has 0 spiro atoms. The van der Waals surface area contributed by atoms with Crippen LogP contribution in [0.15, 0.2) is 0 Å². The molecule has 15 heavy (non-hydrogen) atoms. The van der Waals surface area contributed by atoms with E-state index in [0.717, 1.165) is 12.8 Å². The number of hydrogen-bond donors (Lipinski definition) is 6. The second-order valence-electron chi connectivity index (χ2n) is 4.63. The van der Waals surface area contributed by atoms with Crippen LogP contribution >= 0.6 is 0 Å². The molecule has 2 aliphatic rings. The number of rotatable bonds is 3. The van der Waals surface area contributed by atoms with Gasteiger partial charge in [-0.05, 0) is 12.8 Å². The van der Waals surface area contributed by atoms with Gasteiger partial charge in [0.05, 0.1) is 37.0 Å². The molecule has 0 aromatic rings.